The maximum atomic E-state index is 6.41. The molecule has 6 heteroatoms. The molecule has 0 bridgehead atoms. The highest BCUT2D eigenvalue weighted by molar-refractivity contribution is 6.28. The van der Waals surface area contributed by atoms with E-state index in [1.165, 1.54) is 5.56 Å². The van der Waals surface area contributed by atoms with Gasteiger partial charge in [-0.15, -0.1) is 0 Å². The third-order valence-electron chi connectivity index (χ3n) is 4.64. The van der Waals surface area contributed by atoms with Crippen LogP contribution >= 0.6 is 11.6 Å². The van der Waals surface area contributed by atoms with Crippen LogP contribution in [0.2, 0.25) is 5.28 Å². The van der Waals surface area contributed by atoms with E-state index in [9.17, 15) is 0 Å². The van der Waals surface area contributed by atoms with E-state index in [4.69, 9.17) is 26.1 Å². The second-order valence-corrected chi connectivity index (χ2v) is 7.09. The quantitative estimate of drug-likeness (QED) is 0.587. The molecule has 0 unspecified atom stereocenters. The van der Waals surface area contributed by atoms with Crippen molar-refractivity contribution in [3.05, 3.63) is 63.9 Å². The fourth-order valence-electron chi connectivity index (χ4n) is 3.23. The molecule has 3 rings (SSSR count). The number of benzene rings is 2. The lowest BCUT2D eigenvalue weighted by Gasteiger charge is -2.12. The molecule has 0 aliphatic heterocycles. The SMILES string of the molecule is COc1ccc(-c2cc(=Nc3c(C)cc(C)cc3C)n(C)c(Cl)n2)cc1OC. The summed E-state index contributed by atoms with van der Waals surface area (Å²) in [6, 6.07) is 11.8. The van der Waals surface area contributed by atoms with Crippen LogP contribution in [0.5, 0.6) is 11.5 Å². The van der Waals surface area contributed by atoms with E-state index in [1.807, 2.05) is 31.3 Å². The molecule has 0 fully saturated rings. The number of rotatable bonds is 4. The van der Waals surface area contributed by atoms with E-state index in [0.717, 1.165) is 27.9 Å². The van der Waals surface area contributed by atoms with Crippen molar-refractivity contribution < 1.29 is 9.47 Å². The minimum Gasteiger partial charge on any atom is -0.493 e. The Bertz CT molecular complexity index is 1080. The van der Waals surface area contributed by atoms with Crippen molar-refractivity contribution >= 4 is 17.3 Å². The summed E-state index contributed by atoms with van der Waals surface area (Å²) in [6.07, 6.45) is 0. The van der Waals surface area contributed by atoms with Gasteiger partial charge in [-0.2, -0.15) is 0 Å². The highest BCUT2D eigenvalue weighted by atomic mass is 35.5. The number of hydrogen-bond donors (Lipinski definition) is 0. The van der Waals surface area contributed by atoms with E-state index in [-0.39, 0.29) is 0 Å². The van der Waals surface area contributed by atoms with Gasteiger partial charge in [-0.05, 0) is 61.7 Å². The Morgan fingerprint density at radius 2 is 1.57 bits per heavy atom. The fourth-order valence-corrected chi connectivity index (χ4v) is 3.41. The van der Waals surface area contributed by atoms with Gasteiger partial charge in [0.05, 0.1) is 25.6 Å². The number of nitrogens with zero attached hydrogens (tertiary/aromatic N) is 3. The molecule has 0 aliphatic carbocycles. The van der Waals surface area contributed by atoms with Crippen molar-refractivity contribution in [3.8, 4) is 22.8 Å². The Morgan fingerprint density at radius 3 is 2.18 bits per heavy atom. The Morgan fingerprint density at radius 1 is 0.929 bits per heavy atom. The normalized spacial score (nSPS) is 11.6. The third kappa shape index (κ3) is 3.90. The van der Waals surface area contributed by atoms with Crippen LogP contribution < -0.4 is 15.0 Å². The van der Waals surface area contributed by atoms with Gasteiger partial charge in [0.25, 0.3) is 0 Å². The average Bonchev–Trinajstić information content (AvgIpc) is 2.66. The van der Waals surface area contributed by atoms with Gasteiger partial charge >= 0.3 is 0 Å². The van der Waals surface area contributed by atoms with Crippen molar-refractivity contribution in [2.75, 3.05) is 14.2 Å². The van der Waals surface area contributed by atoms with E-state index in [2.05, 4.69) is 37.9 Å². The van der Waals surface area contributed by atoms with Crippen molar-refractivity contribution in [1.29, 1.82) is 0 Å². The molecule has 0 amide bonds. The molecule has 0 saturated carbocycles. The topological polar surface area (TPSA) is 48.6 Å². The molecule has 0 saturated heterocycles. The maximum absolute atomic E-state index is 6.41. The van der Waals surface area contributed by atoms with Crippen LogP contribution in [0.3, 0.4) is 0 Å². The Balaban J connectivity index is 2.20. The summed E-state index contributed by atoms with van der Waals surface area (Å²) in [6.45, 7) is 6.22. The molecule has 0 N–H and O–H groups in total. The van der Waals surface area contributed by atoms with Crippen LogP contribution in [0, 0.1) is 20.8 Å². The predicted molar refractivity (Wildman–Crippen MR) is 113 cm³/mol. The number of hydrogen-bond acceptors (Lipinski definition) is 4. The summed E-state index contributed by atoms with van der Waals surface area (Å²) in [5, 5.41) is 0.355. The second kappa shape index (κ2) is 8.07. The van der Waals surface area contributed by atoms with E-state index < -0.39 is 0 Å². The van der Waals surface area contributed by atoms with Crippen molar-refractivity contribution in [2.24, 2.45) is 12.0 Å². The summed E-state index contributed by atoms with van der Waals surface area (Å²) in [7, 11) is 5.07. The molecule has 0 radical (unpaired) electrons. The zero-order chi connectivity index (χ0) is 20.4. The molecule has 1 heterocycles. The molecule has 0 spiro atoms. The van der Waals surface area contributed by atoms with Crippen LogP contribution in [0.4, 0.5) is 5.69 Å². The van der Waals surface area contributed by atoms with Crippen molar-refractivity contribution in [2.45, 2.75) is 20.8 Å². The first-order valence-electron chi connectivity index (χ1n) is 8.92. The number of ether oxygens (including phenoxy) is 2. The van der Waals surface area contributed by atoms with Gasteiger partial charge in [0.2, 0.25) is 5.28 Å². The van der Waals surface area contributed by atoms with Gasteiger partial charge in [-0.1, -0.05) is 17.7 Å². The van der Waals surface area contributed by atoms with Gasteiger partial charge in [0, 0.05) is 18.7 Å². The van der Waals surface area contributed by atoms with Crippen LogP contribution in [-0.4, -0.2) is 23.8 Å². The summed E-state index contributed by atoms with van der Waals surface area (Å²) in [4.78, 5) is 9.39. The number of halogens is 1. The first-order valence-corrected chi connectivity index (χ1v) is 9.30. The Kier molecular flexibility index (Phi) is 5.75. The minimum atomic E-state index is 0.355. The van der Waals surface area contributed by atoms with Crippen LogP contribution in [0.25, 0.3) is 11.3 Å². The first-order chi connectivity index (χ1) is 13.3. The lowest BCUT2D eigenvalue weighted by atomic mass is 10.1. The molecule has 0 atom stereocenters. The molecule has 0 aliphatic rings. The zero-order valence-corrected chi connectivity index (χ0v) is 17.8. The largest absolute Gasteiger partial charge is 0.493 e. The summed E-state index contributed by atoms with van der Waals surface area (Å²) >= 11 is 6.41. The zero-order valence-electron chi connectivity index (χ0n) is 17.0. The number of aryl methyl sites for hydroxylation is 3. The molecule has 3 aromatic rings. The Hall–Kier alpha value is -2.79. The number of aromatic nitrogens is 2. The third-order valence-corrected chi connectivity index (χ3v) is 4.98. The number of methoxy groups -OCH3 is 2. The highest BCUT2D eigenvalue weighted by Gasteiger charge is 2.10. The van der Waals surface area contributed by atoms with Gasteiger partial charge in [-0.3, -0.25) is 0 Å². The minimum absolute atomic E-state index is 0.355. The lowest BCUT2D eigenvalue weighted by Crippen LogP contribution is -2.19. The van der Waals surface area contributed by atoms with E-state index >= 15 is 0 Å². The van der Waals surface area contributed by atoms with Crippen molar-refractivity contribution in [3.63, 3.8) is 0 Å². The van der Waals surface area contributed by atoms with Crippen LogP contribution in [0.15, 0.2) is 41.4 Å². The molecular formula is C22H24ClN3O2. The summed E-state index contributed by atoms with van der Waals surface area (Å²) in [5.41, 5.74) is 6.72. The molecular weight excluding hydrogens is 374 g/mol. The van der Waals surface area contributed by atoms with Gasteiger partial charge in [-0.25, -0.2) is 9.98 Å². The molecule has 5 nitrogen and oxygen atoms in total. The monoisotopic (exact) mass is 397 g/mol. The van der Waals surface area contributed by atoms with Crippen LogP contribution in [0.1, 0.15) is 16.7 Å². The standard InChI is InChI=1S/C22H24ClN3O2/c1-13-9-14(2)21(15(3)10-13)25-20-12-17(24-22(23)26(20)4)16-7-8-18(27-5)19(11-16)28-6/h7-12H,1-6H3. The van der Waals surface area contributed by atoms with E-state index in [0.29, 0.717) is 22.5 Å². The summed E-state index contributed by atoms with van der Waals surface area (Å²) in [5.74, 6) is 1.30. The Labute approximate surface area is 170 Å². The van der Waals surface area contributed by atoms with Gasteiger partial charge < -0.3 is 14.0 Å². The first kappa shape index (κ1) is 20.0. The average molecular weight is 398 g/mol. The lowest BCUT2D eigenvalue weighted by molar-refractivity contribution is 0.355. The van der Waals surface area contributed by atoms with Crippen LogP contribution in [-0.2, 0) is 7.05 Å². The maximum Gasteiger partial charge on any atom is 0.204 e. The molecule has 1 aromatic heterocycles. The molecule has 146 valence electrons. The fraction of sp³-hybridized carbons (Fsp3) is 0.273. The van der Waals surface area contributed by atoms with Crippen molar-refractivity contribution in [1.82, 2.24) is 9.55 Å². The molecule has 2 aromatic carbocycles. The predicted octanol–water partition coefficient (Wildman–Crippen LogP) is 4.92. The summed E-state index contributed by atoms with van der Waals surface area (Å²) < 4.78 is 12.5. The second-order valence-electron chi connectivity index (χ2n) is 6.76. The van der Waals surface area contributed by atoms with Gasteiger partial charge in [0.1, 0.15) is 5.49 Å². The smallest absolute Gasteiger partial charge is 0.204 e. The van der Waals surface area contributed by atoms with Gasteiger partial charge in [0.15, 0.2) is 11.5 Å². The highest BCUT2D eigenvalue weighted by Crippen LogP contribution is 2.31. The van der Waals surface area contributed by atoms with E-state index in [1.54, 1.807) is 18.8 Å². The molecule has 28 heavy (non-hydrogen) atoms.